The van der Waals surface area contributed by atoms with Gasteiger partial charge in [-0.15, -0.1) is 0 Å². The molecule has 28 heavy (non-hydrogen) atoms. The summed E-state index contributed by atoms with van der Waals surface area (Å²) in [5.41, 5.74) is 8.58. The van der Waals surface area contributed by atoms with Crippen molar-refractivity contribution in [2.45, 2.75) is 18.4 Å². The van der Waals surface area contributed by atoms with Gasteiger partial charge in [0.25, 0.3) is 5.91 Å². The second kappa shape index (κ2) is 7.52. The summed E-state index contributed by atoms with van der Waals surface area (Å²) < 4.78 is 13.3. The Labute approximate surface area is 162 Å². The van der Waals surface area contributed by atoms with Gasteiger partial charge >= 0.3 is 0 Å². The van der Waals surface area contributed by atoms with Crippen molar-refractivity contribution in [3.05, 3.63) is 65.9 Å². The lowest BCUT2D eigenvalue weighted by atomic mass is 9.85. The Morgan fingerprint density at radius 3 is 2.75 bits per heavy atom. The van der Waals surface area contributed by atoms with E-state index in [0.29, 0.717) is 17.0 Å². The lowest BCUT2D eigenvalue weighted by Gasteiger charge is -2.40. The number of anilines is 1. The number of carbonyl (C=O) groups is 1. The number of benzene rings is 2. The molecule has 0 saturated carbocycles. The summed E-state index contributed by atoms with van der Waals surface area (Å²) in [6.45, 7) is 1.61. The van der Waals surface area contributed by atoms with E-state index in [4.69, 9.17) is 5.73 Å². The van der Waals surface area contributed by atoms with Crippen LogP contribution in [-0.4, -0.2) is 42.1 Å². The highest BCUT2D eigenvalue weighted by Crippen LogP contribution is 2.34. The largest absolute Gasteiger partial charge is 0.369 e. The quantitative estimate of drug-likeness (QED) is 0.727. The van der Waals surface area contributed by atoms with Gasteiger partial charge in [0.1, 0.15) is 12.1 Å². The molecule has 2 aromatic carbocycles. The van der Waals surface area contributed by atoms with Crippen LogP contribution in [-0.2, 0) is 0 Å². The average Bonchev–Trinajstić information content (AvgIpc) is 2.73. The van der Waals surface area contributed by atoms with Crippen LogP contribution in [0.2, 0.25) is 0 Å². The van der Waals surface area contributed by atoms with Crippen molar-refractivity contribution in [1.82, 2.24) is 15.3 Å². The molecule has 1 saturated heterocycles. The van der Waals surface area contributed by atoms with Crippen LogP contribution in [0, 0.1) is 5.82 Å². The molecule has 2 unspecified atom stereocenters. The molecule has 1 aromatic heterocycles. The van der Waals surface area contributed by atoms with Crippen LogP contribution in [0.1, 0.15) is 28.3 Å². The summed E-state index contributed by atoms with van der Waals surface area (Å²) in [4.78, 5) is 22.4. The highest BCUT2D eigenvalue weighted by Gasteiger charge is 2.30. The summed E-state index contributed by atoms with van der Waals surface area (Å²) in [5.74, 6) is -0.421. The monoisotopic (exact) mass is 379 g/mol. The highest BCUT2D eigenvalue weighted by atomic mass is 19.1. The van der Waals surface area contributed by atoms with Crippen LogP contribution in [0.15, 0.2) is 48.9 Å². The molecule has 144 valence electrons. The lowest BCUT2D eigenvalue weighted by Crippen LogP contribution is -2.49. The molecule has 3 N–H and O–H groups in total. The van der Waals surface area contributed by atoms with E-state index in [0.717, 1.165) is 36.1 Å². The zero-order valence-corrected chi connectivity index (χ0v) is 15.6. The maximum atomic E-state index is 13.3. The molecule has 6 nitrogen and oxygen atoms in total. The van der Waals surface area contributed by atoms with E-state index in [1.54, 1.807) is 12.3 Å². The number of hydrogen-bond donors (Lipinski definition) is 2. The highest BCUT2D eigenvalue weighted by molar-refractivity contribution is 6.07. The first kappa shape index (κ1) is 18.3. The maximum absolute atomic E-state index is 13.3. The van der Waals surface area contributed by atoms with Gasteiger partial charge in [0.05, 0.1) is 11.1 Å². The van der Waals surface area contributed by atoms with Crippen molar-refractivity contribution < 1.29 is 9.18 Å². The van der Waals surface area contributed by atoms with Gasteiger partial charge in [-0.2, -0.15) is 0 Å². The number of amides is 1. The number of rotatable bonds is 4. The maximum Gasteiger partial charge on any atom is 0.250 e. The van der Waals surface area contributed by atoms with Crippen LogP contribution in [0.3, 0.4) is 0 Å². The van der Waals surface area contributed by atoms with Crippen LogP contribution >= 0.6 is 0 Å². The number of likely N-dealkylation sites (N-methyl/N-ethyl adjacent to an activating group) is 1. The first-order valence-electron chi connectivity index (χ1n) is 9.28. The van der Waals surface area contributed by atoms with Gasteiger partial charge in [-0.1, -0.05) is 12.1 Å². The Balaban J connectivity index is 1.66. The second-order valence-corrected chi connectivity index (χ2v) is 7.07. The Bertz CT molecular complexity index is 1010. The zero-order chi connectivity index (χ0) is 19.7. The van der Waals surface area contributed by atoms with Crippen LogP contribution in [0.5, 0.6) is 0 Å². The van der Waals surface area contributed by atoms with E-state index in [9.17, 15) is 9.18 Å². The summed E-state index contributed by atoms with van der Waals surface area (Å²) in [6.07, 6.45) is 4.07. The van der Waals surface area contributed by atoms with Gasteiger partial charge < -0.3 is 16.0 Å². The summed E-state index contributed by atoms with van der Waals surface area (Å²) in [5, 5.41) is 4.22. The molecule has 0 spiro atoms. The van der Waals surface area contributed by atoms with Gasteiger partial charge in [-0.25, -0.2) is 14.4 Å². The number of fused-ring (bicyclic) bond motifs is 1. The number of primary amides is 1. The number of nitrogens with one attached hydrogen (secondary N) is 1. The van der Waals surface area contributed by atoms with Crippen molar-refractivity contribution in [2.24, 2.45) is 5.73 Å². The van der Waals surface area contributed by atoms with E-state index in [1.165, 1.54) is 18.5 Å². The Morgan fingerprint density at radius 1 is 1.25 bits per heavy atom. The second-order valence-electron chi connectivity index (χ2n) is 7.07. The predicted octanol–water partition coefficient (Wildman–Crippen LogP) is 2.45. The average molecular weight is 379 g/mol. The number of carbonyl (C=O) groups excluding carboxylic acids is 1. The summed E-state index contributed by atoms with van der Waals surface area (Å²) in [7, 11) is 1.95. The van der Waals surface area contributed by atoms with Crippen LogP contribution in [0.4, 0.5) is 10.1 Å². The first-order valence-corrected chi connectivity index (χ1v) is 9.28. The SMILES string of the molecule is CNC1CN(c2ccc(C(N)=O)c3ncncc23)CCC1c1ccc(F)cc1. The van der Waals surface area contributed by atoms with Crippen molar-refractivity contribution in [1.29, 1.82) is 0 Å². The lowest BCUT2D eigenvalue weighted by molar-refractivity contribution is 0.100. The molecular formula is C21H22FN5O. The normalized spacial score (nSPS) is 19.7. The Hall–Kier alpha value is -3.06. The van der Waals surface area contributed by atoms with Gasteiger partial charge in [0.2, 0.25) is 0 Å². The predicted molar refractivity (Wildman–Crippen MR) is 107 cm³/mol. The molecule has 1 amide bonds. The molecule has 2 heterocycles. The Kier molecular flexibility index (Phi) is 4.92. The summed E-state index contributed by atoms with van der Waals surface area (Å²) in [6, 6.07) is 10.6. The van der Waals surface area contributed by atoms with E-state index >= 15 is 0 Å². The third kappa shape index (κ3) is 3.29. The molecule has 1 aliphatic rings. The van der Waals surface area contributed by atoms with E-state index in [-0.39, 0.29) is 11.9 Å². The number of nitrogens with two attached hydrogens (primary N) is 1. The van der Waals surface area contributed by atoms with Crippen LogP contribution < -0.4 is 16.0 Å². The zero-order valence-electron chi connectivity index (χ0n) is 15.6. The molecule has 1 aliphatic heterocycles. The minimum atomic E-state index is -0.502. The molecule has 1 fully saturated rings. The molecule has 3 aromatic rings. The Morgan fingerprint density at radius 2 is 2.04 bits per heavy atom. The molecule has 7 heteroatoms. The minimum absolute atomic E-state index is 0.203. The number of halogens is 1. The van der Waals surface area contributed by atoms with Gasteiger partial charge in [-0.3, -0.25) is 4.79 Å². The van der Waals surface area contributed by atoms with E-state index in [2.05, 4.69) is 20.2 Å². The molecule has 0 bridgehead atoms. The third-order valence-electron chi connectivity index (χ3n) is 5.54. The molecule has 4 rings (SSSR count). The minimum Gasteiger partial charge on any atom is -0.369 e. The number of piperidine rings is 1. The van der Waals surface area contributed by atoms with Crippen LogP contribution in [0.25, 0.3) is 10.9 Å². The molecule has 0 aliphatic carbocycles. The fourth-order valence-electron chi connectivity index (χ4n) is 4.11. The first-order chi connectivity index (χ1) is 13.6. The molecule has 0 radical (unpaired) electrons. The van der Waals surface area contributed by atoms with Gasteiger partial charge in [0, 0.05) is 42.3 Å². The van der Waals surface area contributed by atoms with E-state index < -0.39 is 5.91 Å². The van der Waals surface area contributed by atoms with Crippen molar-refractivity contribution in [3.8, 4) is 0 Å². The fraction of sp³-hybridized carbons (Fsp3) is 0.286. The van der Waals surface area contributed by atoms with Gasteiger partial charge in [0.15, 0.2) is 0 Å². The van der Waals surface area contributed by atoms with Gasteiger partial charge in [-0.05, 0) is 43.3 Å². The molecular weight excluding hydrogens is 357 g/mol. The van der Waals surface area contributed by atoms with E-state index in [1.807, 2.05) is 25.2 Å². The number of nitrogens with zero attached hydrogens (tertiary/aromatic N) is 3. The topological polar surface area (TPSA) is 84.1 Å². The number of hydrogen-bond acceptors (Lipinski definition) is 5. The standard InChI is InChI=1S/C21H22FN5O/c1-24-18-11-27(9-8-15(18)13-2-4-14(22)5-3-13)19-7-6-16(21(23)28)20-17(19)10-25-12-26-20/h2-7,10,12,15,18,24H,8-9,11H2,1H3,(H2,23,28). The van der Waals surface area contributed by atoms with Crippen molar-refractivity contribution in [3.63, 3.8) is 0 Å². The van der Waals surface area contributed by atoms with Crippen molar-refractivity contribution in [2.75, 3.05) is 25.0 Å². The smallest absolute Gasteiger partial charge is 0.250 e. The molecule has 2 atom stereocenters. The fourth-order valence-corrected chi connectivity index (χ4v) is 4.11. The van der Waals surface area contributed by atoms with Crippen molar-refractivity contribution >= 4 is 22.5 Å². The number of aromatic nitrogens is 2. The summed E-state index contributed by atoms with van der Waals surface area (Å²) >= 11 is 0. The third-order valence-corrected chi connectivity index (χ3v) is 5.54.